The smallest absolute Gasteiger partial charge is 0.434 e. The maximum atomic E-state index is 13.4. The van der Waals surface area contributed by atoms with Gasteiger partial charge in [-0.05, 0) is 59.2 Å². The number of fused-ring (bicyclic) bond motifs is 3. The van der Waals surface area contributed by atoms with Gasteiger partial charge >= 0.3 is 12.1 Å². The first-order valence-electron chi connectivity index (χ1n) is 13.9. The third kappa shape index (κ3) is 6.60. The van der Waals surface area contributed by atoms with Crippen LogP contribution in [-0.4, -0.2) is 21.0 Å². The minimum Gasteiger partial charge on any atom is -0.478 e. The number of nitrogens with two attached hydrogens (primary N) is 1. The van der Waals surface area contributed by atoms with Gasteiger partial charge in [-0.25, -0.2) is 23.5 Å². The van der Waals surface area contributed by atoms with Crippen molar-refractivity contribution in [2.24, 2.45) is 5.92 Å². The molecule has 0 bridgehead atoms. The van der Waals surface area contributed by atoms with Crippen molar-refractivity contribution in [3.8, 4) is 11.1 Å². The number of halogens is 5. The average Bonchev–Trinajstić information content (AvgIpc) is 3.37. The summed E-state index contributed by atoms with van der Waals surface area (Å²) in [5.74, 6) is -4.24. The third-order valence-corrected chi connectivity index (χ3v) is 7.81. The lowest BCUT2D eigenvalue weighted by molar-refractivity contribution is -0.141. The number of nitrogens with one attached hydrogen (secondary N) is 1. The third-order valence-electron chi connectivity index (χ3n) is 7.81. The van der Waals surface area contributed by atoms with Crippen LogP contribution in [0.2, 0.25) is 0 Å². The summed E-state index contributed by atoms with van der Waals surface area (Å²) in [6.07, 6.45) is 4.82. The van der Waals surface area contributed by atoms with Crippen LogP contribution in [0, 0.1) is 17.6 Å². The Balaban J connectivity index is 0.000000171. The van der Waals surface area contributed by atoms with Crippen molar-refractivity contribution in [2.75, 3.05) is 11.1 Å². The molecule has 2 aliphatic rings. The van der Waals surface area contributed by atoms with Crippen LogP contribution in [0.15, 0.2) is 60.8 Å². The SMILES string of the molecule is Nc1cccc2c1-c1cccc(CC3CCCCC3)c1C2.O=C(O)c1cnc(Nc2cccc(F)c2F)nc1C(F)(F)F. The van der Waals surface area contributed by atoms with E-state index in [9.17, 15) is 26.7 Å². The molecule has 0 aliphatic heterocycles. The first-order chi connectivity index (χ1) is 20.5. The summed E-state index contributed by atoms with van der Waals surface area (Å²) in [6, 6.07) is 16.2. The maximum Gasteiger partial charge on any atom is 0.434 e. The molecule has 3 aromatic carbocycles. The van der Waals surface area contributed by atoms with Crippen LogP contribution in [0.3, 0.4) is 0 Å². The van der Waals surface area contributed by atoms with E-state index in [4.69, 9.17) is 10.8 Å². The Hall–Kier alpha value is -4.54. The van der Waals surface area contributed by atoms with Crippen LogP contribution in [0.5, 0.6) is 0 Å². The van der Waals surface area contributed by atoms with Crippen molar-refractivity contribution in [3.05, 3.63) is 100 Å². The Labute approximate surface area is 244 Å². The van der Waals surface area contributed by atoms with Crippen molar-refractivity contribution < 1.29 is 31.9 Å². The van der Waals surface area contributed by atoms with Gasteiger partial charge < -0.3 is 16.2 Å². The maximum absolute atomic E-state index is 13.4. The molecule has 1 fully saturated rings. The van der Waals surface area contributed by atoms with Gasteiger partial charge in [-0.3, -0.25) is 0 Å². The van der Waals surface area contributed by atoms with Gasteiger partial charge in [0, 0.05) is 17.4 Å². The number of carbonyl (C=O) groups is 1. The van der Waals surface area contributed by atoms with Crippen molar-refractivity contribution >= 4 is 23.3 Å². The lowest BCUT2D eigenvalue weighted by atomic mass is 9.83. The van der Waals surface area contributed by atoms with E-state index in [1.807, 2.05) is 6.07 Å². The number of aromatic carboxylic acids is 1. The molecule has 2 aliphatic carbocycles. The van der Waals surface area contributed by atoms with Gasteiger partial charge in [0.25, 0.3) is 0 Å². The number of nitrogens with zero attached hydrogens (tertiary/aromatic N) is 2. The highest BCUT2D eigenvalue weighted by atomic mass is 19.4. The molecule has 224 valence electrons. The second kappa shape index (κ2) is 12.4. The average molecular weight is 597 g/mol. The molecule has 1 heterocycles. The predicted octanol–water partition coefficient (Wildman–Crippen LogP) is 8.18. The van der Waals surface area contributed by atoms with Crippen molar-refractivity contribution in [1.29, 1.82) is 0 Å². The molecule has 6 nitrogen and oxygen atoms in total. The van der Waals surface area contributed by atoms with E-state index >= 15 is 0 Å². The monoisotopic (exact) mass is 596 g/mol. The Morgan fingerprint density at radius 2 is 1.72 bits per heavy atom. The molecular formula is C32H29F5N4O2. The van der Waals surface area contributed by atoms with Gasteiger partial charge in [0.15, 0.2) is 17.3 Å². The number of hydrogen-bond acceptors (Lipinski definition) is 5. The molecule has 1 saturated carbocycles. The molecule has 0 spiro atoms. The highest BCUT2D eigenvalue weighted by Crippen LogP contribution is 2.42. The Morgan fingerprint density at radius 3 is 2.44 bits per heavy atom. The number of anilines is 3. The molecule has 4 aromatic rings. The van der Waals surface area contributed by atoms with E-state index in [1.165, 1.54) is 60.8 Å². The molecule has 43 heavy (non-hydrogen) atoms. The van der Waals surface area contributed by atoms with E-state index in [2.05, 4.69) is 45.6 Å². The van der Waals surface area contributed by atoms with E-state index < -0.39 is 46.7 Å². The second-order valence-electron chi connectivity index (χ2n) is 10.7. The summed E-state index contributed by atoms with van der Waals surface area (Å²) in [6.45, 7) is 0. The van der Waals surface area contributed by atoms with Crippen LogP contribution < -0.4 is 11.1 Å². The number of carboxylic acid groups (broad SMARTS) is 1. The van der Waals surface area contributed by atoms with E-state index in [1.54, 1.807) is 5.56 Å². The van der Waals surface area contributed by atoms with Gasteiger partial charge in [-0.1, -0.05) is 68.5 Å². The fraction of sp³-hybridized carbons (Fsp3) is 0.281. The summed E-state index contributed by atoms with van der Waals surface area (Å²) < 4.78 is 64.7. The van der Waals surface area contributed by atoms with Crippen LogP contribution in [0.1, 0.15) is 64.8 Å². The second-order valence-corrected chi connectivity index (χ2v) is 10.7. The Bertz CT molecular complexity index is 1650. The number of aromatic nitrogens is 2. The van der Waals surface area contributed by atoms with Gasteiger partial charge in [-0.2, -0.15) is 13.2 Å². The minimum absolute atomic E-state index is 0.428. The zero-order chi connectivity index (χ0) is 30.7. The Kier molecular flexibility index (Phi) is 8.61. The fourth-order valence-corrected chi connectivity index (χ4v) is 5.79. The summed E-state index contributed by atoms with van der Waals surface area (Å²) in [7, 11) is 0. The zero-order valence-electron chi connectivity index (χ0n) is 23.0. The number of nitrogen functional groups attached to an aromatic ring is 1. The molecule has 6 rings (SSSR count). The highest BCUT2D eigenvalue weighted by molar-refractivity contribution is 5.89. The van der Waals surface area contributed by atoms with Gasteiger partial charge in [0.05, 0.1) is 5.69 Å². The lowest BCUT2D eigenvalue weighted by Gasteiger charge is -2.22. The van der Waals surface area contributed by atoms with Gasteiger partial charge in [-0.15, -0.1) is 0 Å². The van der Waals surface area contributed by atoms with Crippen molar-refractivity contribution in [1.82, 2.24) is 9.97 Å². The molecule has 4 N–H and O–H groups in total. The van der Waals surface area contributed by atoms with Crippen LogP contribution >= 0.6 is 0 Å². The fourth-order valence-electron chi connectivity index (χ4n) is 5.79. The first-order valence-corrected chi connectivity index (χ1v) is 13.9. The molecule has 0 saturated heterocycles. The van der Waals surface area contributed by atoms with Gasteiger partial charge in [0.2, 0.25) is 5.95 Å². The van der Waals surface area contributed by atoms with Gasteiger partial charge in [0.1, 0.15) is 5.56 Å². The number of hydrogen-bond donors (Lipinski definition) is 3. The summed E-state index contributed by atoms with van der Waals surface area (Å²) in [5.41, 5.74) is 11.0. The molecule has 0 radical (unpaired) electrons. The topological polar surface area (TPSA) is 101 Å². The number of carboxylic acids is 1. The predicted molar refractivity (Wildman–Crippen MR) is 153 cm³/mol. The number of rotatable bonds is 5. The van der Waals surface area contributed by atoms with E-state index in [0.29, 0.717) is 6.20 Å². The largest absolute Gasteiger partial charge is 0.478 e. The standard InChI is InChI=1S/C20H23N.C12H6F5N3O2/c21-19-11-5-9-16-13-18-15(8-4-10-17(18)20(16)19)12-14-6-2-1-3-7-14;13-6-2-1-3-7(8(6)14)19-11-18-4-5(10(21)22)9(20-11)12(15,16)17/h4-5,8-11,14H,1-3,6-7,12-13,21H2;1-4H,(H,21,22)(H,18,19,20). The van der Waals surface area contributed by atoms with Crippen LogP contribution in [0.4, 0.5) is 39.3 Å². The lowest BCUT2D eigenvalue weighted by Crippen LogP contribution is -2.17. The van der Waals surface area contributed by atoms with Crippen LogP contribution in [-0.2, 0) is 19.0 Å². The molecule has 0 atom stereocenters. The molecular weight excluding hydrogens is 567 g/mol. The normalized spacial score (nSPS) is 14.3. The Morgan fingerprint density at radius 1 is 1.00 bits per heavy atom. The summed E-state index contributed by atoms with van der Waals surface area (Å²) >= 11 is 0. The quantitative estimate of drug-likeness (QED) is 0.140. The van der Waals surface area contributed by atoms with Crippen LogP contribution in [0.25, 0.3) is 11.1 Å². The molecule has 0 amide bonds. The van der Waals surface area contributed by atoms with Crippen molar-refractivity contribution in [3.63, 3.8) is 0 Å². The highest BCUT2D eigenvalue weighted by Gasteiger charge is 2.38. The van der Waals surface area contributed by atoms with E-state index in [0.717, 1.165) is 36.2 Å². The minimum atomic E-state index is -5.05. The first kappa shape index (κ1) is 29.9. The summed E-state index contributed by atoms with van der Waals surface area (Å²) in [4.78, 5) is 17.1. The summed E-state index contributed by atoms with van der Waals surface area (Å²) in [5, 5.41) is 10.7. The molecule has 0 unspecified atom stereocenters. The van der Waals surface area contributed by atoms with Crippen molar-refractivity contribution in [2.45, 2.75) is 51.1 Å². The van der Waals surface area contributed by atoms with E-state index in [-0.39, 0.29) is 0 Å². The molecule has 11 heteroatoms. The molecule has 1 aromatic heterocycles. The number of benzene rings is 3. The number of alkyl halides is 3. The zero-order valence-corrected chi connectivity index (χ0v) is 23.0.